The molecule has 1 fully saturated rings. The van der Waals surface area contributed by atoms with Gasteiger partial charge in [-0.1, -0.05) is 34.1 Å². The van der Waals surface area contributed by atoms with E-state index in [2.05, 4.69) is 32.6 Å². The summed E-state index contributed by atoms with van der Waals surface area (Å²) >= 11 is 0. The monoisotopic (exact) mass is 285 g/mol. The molecule has 20 heavy (non-hydrogen) atoms. The van der Waals surface area contributed by atoms with E-state index >= 15 is 0 Å². The number of hydrogen-bond acceptors (Lipinski definition) is 3. The zero-order valence-electron chi connectivity index (χ0n) is 14.2. The largest absolute Gasteiger partial charge is 0.392 e. The average Bonchev–Trinajstić information content (AvgIpc) is 2.42. The van der Waals surface area contributed by atoms with Gasteiger partial charge >= 0.3 is 0 Å². The van der Waals surface area contributed by atoms with E-state index < -0.39 is 0 Å². The Hall–Kier alpha value is -0.120. The lowest BCUT2D eigenvalue weighted by Crippen LogP contribution is -2.48. The molecular weight excluding hydrogens is 250 g/mol. The molecule has 1 N–H and O–H groups in total. The van der Waals surface area contributed by atoms with Gasteiger partial charge in [0.15, 0.2) is 0 Å². The van der Waals surface area contributed by atoms with Crippen LogP contribution < -0.4 is 0 Å². The molecule has 0 saturated heterocycles. The summed E-state index contributed by atoms with van der Waals surface area (Å²) in [6.07, 6.45) is 5.73. The molecule has 1 saturated carbocycles. The van der Waals surface area contributed by atoms with Crippen molar-refractivity contribution in [1.82, 2.24) is 4.90 Å². The number of ether oxygens (including phenoxy) is 1. The van der Waals surface area contributed by atoms with E-state index in [-0.39, 0.29) is 11.5 Å². The van der Waals surface area contributed by atoms with Crippen molar-refractivity contribution in [3.05, 3.63) is 0 Å². The number of methoxy groups -OCH3 is 1. The number of nitrogens with zero attached hydrogens (tertiary/aromatic N) is 1. The number of hydrogen-bond donors (Lipinski definition) is 1. The van der Waals surface area contributed by atoms with Gasteiger partial charge < -0.3 is 9.84 Å². The van der Waals surface area contributed by atoms with E-state index in [9.17, 15) is 5.11 Å². The maximum Gasteiger partial charge on any atom is 0.0631 e. The molecule has 2 atom stereocenters. The Morgan fingerprint density at radius 3 is 2.50 bits per heavy atom. The van der Waals surface area contributed by atoms with Gasteiger partial charge in [-0.15, -0.1) is 0 Å². The van der Waals surface area contributed by atoms with Crippen molar-refractivity contribution in [1.29, 1.82) is 0 Å². The van der Waals surface area contributed by atoms with Crippen molar-refractivity contribution in [3.8, 4) is 0 Å². The highest BCUT2D eigenvalue weighted by molar-refractivity contribution is 4.90. The van der Waals surface area contributed by atoms with Crippen LogP contribution in [0.1, 0.15) is 59.8 Å². The predicted molar refractivity (Wildman–Crippen MR) is 84.9 cm³/mol. The minimum atomic E-state index is -0.171. The van der Waals surface area contributed by atoms with Gasteiger partial charge in [0.25, 0.3) is 0 Å². The first-order chi connectivity index (χ1) is 9.46. The molecule has 0 aromatic carbocycles. The van der Waals surface area contributed by atoms with Crippen molar-refractivity contribution in [2.45, 2.75) is 71.9 Å². The lowest BCUT2D eigenvalue weighted by Gasteiger charge is -2.44. The normalized spacial score (nSPS) is 26.4. The van der Waals surface area contributed by atoms with Crippen LogP contribution in [0.4, 0.5) is 0 Å². The van der Waals surface area contributed by atoms with Gasteiger partial charge in [-0.2, -0.15) is 0 Å². The van der Waals surface area contributed by atoms with E-state index in [1.165, 1.54) is 19.3 Å². The maximum absolute atomic E-state index is 10.6. The summed E-state index contributed by atoms with van der Waals surface area (Å²) in [6.45, 7) is 11.7. The van der Waals surface area contributed by atoms with Gasteiger partial charge in [0.2, 0.25) is 0 Å². The van der Waals surface area contributed by atoms with E-state index in [4.69, 9.17) is 4.74 Å². The van der Waals surface area contributed by atoms with Crippen molar-refractivity contribution in [2.75, 3.05) is 26.8 Å². The third-order valence-electron chi connectivity index (χ3n) is 5.15. The second kappa shape index (κ2) is 8.35. The molecule has 0 aliphatic heterocycles. The second-order valence-electron chi connectivity index (χ2n) is 7.04. The lowest BCUT2D eigenvalue weighted by atomic mass is 9.69. The summed E-state index contributed by atoms with van der Waals surface area (Å²) in [6, 6.07) is 0.613. The summed E-state index contributed by atoms with van der Waals surface area (Å²) in [7, 11) is 1.77. The van der Waals surface area contributed by atoms with Crippen molar-refractivity contribution >= 4 is 0 Å². The van der Waals surface area contributed by atoms with Crippen LogP contribution in [-0.2, 0) is 4.74 Å². The molecule has 0 radical (unpaired) electrons. The van der Waals surface area contributed by atoms with Crippen LogP contribution >= 0.6 is 0 Å². The van der Waals surface area contributed by atoms with Crippen LogP contribution in [0.15, 0.2) is 0 Å². The van der Waals surface area contributed by atoms with Gasteiger partial charge in [-0.3, -0.25) is 4.90 Å². The highest BCUT2D eigenvalue weighted by Gasteiger charge is 2.38. The Bertz CT molecular complexity index is 264. The van der Waals surface area contributed by atoms with Crippen LogP contribution in [0.3, 0.4) is 0 Å². The minimum absolute atomic E-state index is 0.0732. The summed E-state index contributed by atoms with van der Waals surface area (Å²) in [5.74, 6) is 0.413. The fraction of sp³-hybridized carbons (Fsp3) is 1.00. The van der Waals surface area contributed by atoms with Crippen LogP contribution in [0.5, 0.6) is 0 Å². The first-order valence-corrected chi connectivity index (χ1v) is 8.37. The molecule has 0 spiro atoms. The van der Waals surface area contributed by atoms with Crippen LogP contribution in [0.25, 0.3) is 0 Å². The average molecular weight is 285 g/mol. The number of aliphatic hydroxyl groups excluding tert-OH is 1. The number of rotatable bonds is 8. The van der Waals surface area contributed by atoms with Gasteiger partial charge in [-0.05, 0) is 37.0 Å². The Morgan fingerprint density at radius 1 is 1.30 bits per heavy atom. The minimum Gasteiger partial charge on any atom is -0.392 e. The van der Waals surface area contributed by atoms with E-state index in [1.54, 1.807) is 7.11 Å². The topological polar surface area (TPSA) is 32.7 Å². The third kappa shape index (κ3) is 4.71. The molecule has 120 valence electrons. The zero-order valence-corrected chi connectivity index (χ0v) is 14.2. The smallest absolute Gasteiger partial charge is 0.0631 e. The molecule has 1 aliphatic rings. The molecule has 3 heteroatoms. The van der Waals surface area contributed by atoms with Crippen molar-refractivity contribution < 1.29 is 9.84 Å². The van der Waals surface area contributed by atoms with E-state index in [0.29, 0.717) is 12.0 Å². The molecule has 3 nitrogen and oxygen atoms in total. The van der Waals surface area contributed by atoms with Crippen molar-refractivity contribution in [3.63, 3.8) is 0 Å². The highest BCUT2D eigenvalue weighted by atomic mass is 16.5. The fourth-order valence-electron chi connectivity index (χ4n) is 3.69. The third-order valence-corrected chi connectivity index (χ3v) is 5.15. The lowest BCUT2D eigenvalue weighted by molar-refractivity contribution is -0.0492. The molecule has 0 aromatic rings. The predicted octanol–water partition coefficient (Wildman–Crippen LogP) is 3.31. The summed E-state index contributed by atoms with van der Waals surface area (Å²) in [5.41, 5.74) is 0.0732. The Balaban J connectivity index is 2.67. The molecule has 0 amide bonds. The molecule has 0 aromatic heterocycles. The van der Waals surface area contributed by atoms with Gasteiger partial charge in [0, 0.05) is 26.2 Å². The molecule has 2 unspecified atom stereocenters. The van der Waals surface area contributed by atoms with E-state index in [0.717, 1.165) is 32.5 Å². The van der Waals surface area contributed by atoms with Crippen LogP contribution in [0.2, 0.25) is 0 Å². The van der Waals surface area contributed by atoms with Crippen molar-refractivity contribution in [2.24, 2.45) is 11.3 Å². The molecule has 0 bridgehead atoms. The summed E-state index contributed by atoms with van der Waals surface area (Å²) in [5, 5.41) is 10.6. The Morgan fingerprint density at radius 2 is 1.95 bits per heavy atom. The summed E-state index contributed by atoms with van der Waals surface area (Å²) in [4.78, 5) is 2.54. The number of aliphatic hydroxyl groups is 1. The second-order valence-corrected chi connectivity index (χ2v) is 7.04. The van der Waals surface area contributed by atoms with Gasteiger partial charge in [0.05, 0.1) is 12.7 Å². The zero-order chi connectivity index (χ0) is 15.2. The quantitative estimate of drug-likeness (QED) is 0.742. The molecular formula is C17H35NO2. The molecule has 1 aliphatic carbocycles. The Kier molecular flexibility index (Phi) is 7.49. The molecule has 1 rings (SSSR count). The maximum atomic E-state index is 10.6. The first-order valence-electron chi connectivity index (χ1n) is 8.37. The fourth-order valence-corrected chi connectivity index (χ4v) is 3.69. The van der Waals surface area contributed by atoms with Gasteiger partial charge in [-0.25, -0.2) is 0 Å². The standard InChI is InChI=1S/C17H35NO2/c1-6-15(7-2)18(11-12-20-5)13-14-9-8-10-17(3,4)16(14)19/h14-16,19H,6-13H2,1-5H3. The summed E-state index contributed by atoms with van der Waals surface area (Å²) < 4.78 is 5.26. The molecule has 0 heterocycles. The van der Waals surface area contributed by atoms with Crippen LogP contribution in [-0.4, -0.2) is 49.0 Å². The Labute approximate surface area is 125 Å². The van der Waals surface area contributed by atoms with Crippen LogP contribution in [0, 0.1) is 11.3 Å². The SMILES string of the molecule is CCC(CC)N(CCOC)CC1CCCC(C)(C)C1O. The van der Waals surface area contributed by atoms with E-state index in [1.807, 2.05) is 0 Å². The first kappa shape index (κ1) is 17.9. The highest BCUT2D eigenvalue weighted by Crippen LogP contribution is 2.39. The van der Waals surface area contributed by atoms with Gasteiger partial charge in [0.1, 0.15) is 0 Å².